The summed E-state index contributed by atoms with van der Waals surface area (Å²) in [6, 6.07) is 7.75. The molecule has 0 radical (unpaired) electrons. The summed E-state index contributed by atoms with van der Waals surface area (Å²) < 4.78 is 0. The van der Waals surface area contributed by atoms with E-state index in [0.29, 0.717) is 0 Å². The smallest absolute Gasteiger partial charge is 0.122 e. The molecular weight excluding hydrogens is 214 g/mol. The molecule has 4 N–H and O–H groups in total. The maximum atomic E-state index is 8.82. The highest BCUT2D eigenvalue weighted by Gasteiger charge is 2.04. The zero-order chi connectivity index (χ0) is 12.7. The zero-order valence-corrected chi connectivity index (χ0v) is 10.3. The summed E-state index contributed by atoms with van der Waals surface area (Å²) in [6.45, 7) is 5.00. The van der Waals surface area contributed by atoms with Crippen LogP contribution in [0.3, 0.4) is 0 Å². The summed E-state index contributed by atoms with van der Waals surface area (Å²) in [6.07, 6.45) is 0.792. The molecule has 94 valence electrons. The van der Waals surface area contributed by atoms with Gasteiger partial charge in [-0.05, 0) is 24.6 Å². The summed E-state index contributed by atoms with van der Waals surface area (Å²) >= 11 is 0. The van der Waals surface area contributed by atoms with Crippen LogP contribution in [0.25, 0.3) is 0 Å². The van der Waals surface area contributed by atoms with Crippen LogP contribution in [0.5, 0.6) is 0 Å². The van der Waals surface area contributed by atoms with Crippen molar-refractivity contribution in [1.29, 1.82) is 5.41 Å². The first-order chi connectivity index (χ1) is 8.17. The second-order valence-corrected chi connectivity index (χ2v) is 4.06. The van der Waals surface area contributed by atoms with E-state index in [2.05, 4.69) is 11.8 Å². The van der Waals surface area contributed by atoms with E-state index in [4.69, 9.17) is 16.2 Å². The first kappa shape index (κ1) is 13.7. The van der Waals surface area contributed by atoms with E-state index < -0.39 is 0 Å². The molecule has 0 heterocycles. The Labute approximate surface area is 103 Å². The van der Waals surface area contributed by atoms with Gasteiger partial charge in [-0.3, -0.25) is 10.3 Å². The minimum Gasteiger partial charge on any atom is -0.396 e. The number of hydrogen-bond donors (Lipinski definition) is 3. The summed E-state index contributed by atoms with van der Waals surface area (Å²) in [5.41, 5.74) is 7.38. The maximum Gasteiger partial charge on any atom is 0.122 e. The van der Waals surface area contributed by atoms with E-state index in [1.54, 1.807) is 0 Å². The Hall–Kier alpha value is -1.39. The largest absolute Gasteiger partial charge is 0.396 e. The fourth-order valence-electron chi connectivity index (χ4n) is 1.74. The van der Waals surface area contributed by atoms with Crippen molar-refractivity contribution < 1.29 is 5.11 Å². The Morgan fingerprint density at radius 3 is 2.82 bits per heavy atom. The van der Waals surface area contributed by atoms with Crippen molar-refractivity contribution in [2.24, 2.45) is 5.73 Å². The lowest BCUT2D eigenvalue weighted by Gasteiger charge is -2.20. The lowest BCUT2D eigenvalue weighted by molar-refractivity contribution is 0.225. The highest BCUT2D eigenvalue weighted by molar-refractivity contribution is 5.95. The van der Waals surface area contributed by atoms with Crippen LogP contribution in [0.2, 0.25) is 0 Å². The van der Waals surface area contributed by atoms with Gasteiger partial charge in [0.25, 0.3) is 0 Å². The summed E-state index contributed by atoms with van der Waals surface area (Å²) in [5, 5.41) is 16.2. The van der Waals surface area contributed by atoms with Crippen LogP contribution in [0, 0.1) is 5.41 Å². The fourth-order valence-corrected chi connectivity index (χ4v) is 1.74. The van der Waals surface area contributed by atoms with Crippen molar-refractivity contribution in [3.63, 3.8) is 0 Å². The number of hydrogen-bond acceptors (Lipinski definition) is 3. The molecule has 0 aliphatic rings. The van der Waals surface area contributed by atoms with E-state index in [0.717, 1.165) is 37.2 Å². The maximum absolute atomic E-state index is 8.82. The molecule has 0 bridgehead atoms. The monoisotopic (exact) mass is 235 g/mol. The van der Waals surface area contributed by atoms with Gasteiger partial charge < -0.3 is 10.8 Å². The van der Waals surface area contributed by atoms with Crippen molar-refractivity contribution >= 4 is 5.84 Å². The Morgan fingerprint density at radius 2 is 2.24 bits per heavy atom. The molecule has 4 nitrogen and oxygen atoms in total. The number of rotatable bonds is 7. The second-order valence-electron chi connectivity index (χ2n) is 4.06. The predicted molar refractivity (Wildman–Crippen MR) is 70.1 cm³/mol. The van der Waals surface area contributed by atoms with Crippen molar-refractivity contribution in [2.75, 3.05) is 19.7 Å². The Kier molecular flexibility index (Phi) is 5.66. The minimum atomic E-state index is 0.102. The number of aliphatic hydroxyl groups excluding tert-OH is 1. The lowest BCUT2D eigenvalue weighted by atomic mass is 10.1. The summed E-state index contributed by atoms with van der Waals surface area (Å²) in [5.74, 6) is 0.102. The van der Waals surface area contributed by atoms with E-state index in [9.17, 15) is 0 Å². The van der Waals surface area contributed by atoms with Crippen LogP contribution in [0.4, 0.5) is 0 Å². The lowest BCUT2D eigenvalue weighted by Crippen LogP contribution is -2.25. The van der Waals surface area contributed by atoms with Gasteiger partial charge in [-0.2, -0.15) is 0 Å². The van der Waals surface area contributed by atoms with E-state index in [-0.39, 0.29) is 12.4 Å². The molecule has 1 rings (SSSR count). The third-order valence-corrected chi connectivity index (χ3v) is 2.72. The van der Waals surface area contributed by atoms with Crippen molar-refractivity contribution in [3.05, 3.63) is 35.4 Å². The molecule has 0 aromatic heterocycles. The van der Waals surface area contributed by atoms with Gasteiger partial charge in [0.2, 0.25) is 0 Å². The number of nitrogens with zero attached hydrogens (tertiary/aromatic N) is 1. The molecule has 0 saturated heterocycles. The first-order valence-corrected chi connectivity index (χ1v) is 5.94. The van der Waals surface area contributed by atoms with Crippen LogP contribution in [-0.4, -0.2) is 35.5 Å². The topological polar surface area (TPSA) is 73.3 Å². The van der Waals surface area contributed by atoms with Gasteiger partial charge in [0, 0.05) is 25.3 Å². The summed E-state index contributed by atoms with van der Waals surface area (Å²) in [7, 11) is 0. The molecule has 0 unspecified atom stereocenters. The average Bonchev–Trinajstić information content (AvgIpc) is 2.34. The Morgan fingerprint density at radius 1 is 1.47 bits per heavy atom. The van der Waals surface area contributed by atoms with Gasteiger partial charge in [0.15, 0.2) is 0 Å². The minimum absolute atomic E-state index is 0.102. The van der Waals surface area contributed by atoms with Gasteiger partial charge in [-0.25, -0.2) is 0 Å². The first-order valence-electron chi connectivity index (χ1n) is 5.94. The zero-order valence-electron chi connectivity index (χ0n) is 10.3. The molecule has 4 heteroatoms. The fraction of sp³-hybridized carbons (Fsp3) is 0.462. The van der Waals surface area contributed by atoms with Gasteiger partial charge in [0.05, 0.1) is 0 Å². The van der Waals surface area contributed by atoms with Gasteiger partial charge in [-0.1, -0.05) is 25.1 Å². The SMILES string of the molecule is CCN(CCCO)Cc1cccc(C(=N)N)c1. The van der Waals surface area contributed by atoms with Crippen LogP contribution in [0.1, 0.15) is 24.5 Å². The molecule has 0 saturated carbocycles. The quantitative estimate of drug-likeness (QED) is 0.491. The standard InChI is InChI=1S/C13H21N3O/c1-2-16(7-4-8-17)10-11-5-3-6-12(9-11)13(14)15/h3,5-6,9,17H,2,4,7-8,10H2,1H3,(H3,14,15). The normalized spacial score (nSPS) is 10.8. The predicted octanol–water partition coefficient (Wildman–Crippen LogP) is 1.17. The molecule has 0 aliphatic carbocycles. The molecule has 0 amide bonds. The van der Waals surface area contributed by atoms with E-state index >= 15 is 0 Å². The Balaban J connectivity index is 2.65. The molecule has 0 aliphatic heterocycles. The molecule has 1 aromatic rings. The number of amidine groups is 1. The van der Waals surface area contributed by atoms with Crippen molar-refractivity contribution in [3.8, 4) is 0 Å². The number of nitrogens with two attached hydrogens (primary N) is 1. The van der Waals surface area contributed by atoms with Crippen molar-refractivity contribution in [2.45, 2.75) is 19.9 Å². The van der Waals surface area contributed by atoms with Gasteiger partial charge in [-0.15, -0.1) is 0 Å². The number of nitrogen functional groups attached to an aromatic ring is 1. The highest BCUT2D eigenvalue weighted by atomic mass is 16.3. The van der Waals surface area contributed by atoms with Crippen LogP contribution in [0.15, 0.2) is 24.3 Å². The number of nitrogens with one attached hydrogen (secondary N) is 1. The van der Waals surface area contributed by atoms with E-state index in [1.165, 1.54) is 0 Å². The van der Waals surface area contributed by atoms with Crippen LogP contribution in [-0.2, 0) is 6.54 Å². The number of benzene rings is 1. The summed E-state index contributed by atoms with van der Waals surface area (Å²) in [4.78, 5) is 2.26. The molecule has 0 fully saturated rings. The van der Waals surface area contributed by atoms with Gasteiger partial charge >= 0.3 is 0 Å². The molecular formula is C13H21N3O. The number of aliphatic hydroxyl groups is 1. The molecule has 0 atom stereocenters. The van der Waals surface area contributed by atoms with E-state index in [1.807, 2.05) is 24.3 Å². The van der Waals surface area contributed by atoms with Gasteiger partial charge in [0.1, 0.15) is 5.84 Å². The molecule has 17 heavy (non-hydrogen) atoms. The second kappa shape index (κ2) is 7.04. The molecule has 1 aromatic carbocycles. The molecule has 0 spiro atoms. The third-order valence-electron chi connectivity index (χ3n) is 2.72. The third kappa shape index (κ3) is 4.54. The Bertz CT molecular complexity index is 365. The average molecular weight is 235 g/mol. The van der Waals surface area contributed by atoms with Crippen LogP contribution < -0.4 is 5.73 Å². The highest BCUT2D eigenvalue weighted by Crippen LogP contribution is 2.08. The van der Waals surface area contributed by atoms with Crippen LogP contribution >= 0.6 is 0 Å². The van der Waals surface area contributed by atoms with Crippen molar-refractivity contribution in [1.82, 2.24) is 4.90 Å².